The van der Waals surface area contributed by atoms with Gasteiger partial charge in [0, 0.05) is 16.1 Å². The van der Waals surface area contributed by atoms with Gasteiger partial charge in [0.15, 0.2) is 6.61 Å². The van der Waals surface area contributed by atoms with Crippen LogP contribution in [0.3, 0.4) is 0 Å². The lowest BCUT2D eigenvalue weighted by Gasteiger charge is -2.26. The number of nitrogens with one attached hydrogen (secondary N) is 1. The van der Waals surface area contributed by atoms with Gasteiger partial charge in [-0.05, 0) is 49.4 Å². The summed E-state index contributed by atoms with van der Waals surface area (Å²) in [6.45, 7) is 3.50. The Bertz CT molecular complexity index is 818. The van der Waals surface area contributed by atoms with Crippen LogP contribution < -0.4 is 5.32 Å². The number of aryl methyl sites for hydroxylation is 2. The lowest BCUT2D eigenvalue weighted by molar-refractivity contribution is -0.157. The van der Waals surface area contributed by atoms with Gasteiger partial charge in [-0.25, -0.2) is 0 Å². The normalized spacial score (nSPS) is 33.1. The van der Waals surface area contributed by atoms with E-state index in [1.165, 1.54) is 0 Å². The molecule has 1 aliphatic heterocycles. The van der Waals surface area contributed by atoms with Crippen LogP contribution in [0.4, 0.5) is 5.69 Å². The zero-order valence-electron chi connectivity index (χ0n) is 14.8. The molecule has 0 radical (unpaired) electrons. The van der Waals surface area contributed by atoms with Crippen LogP contribution in [0, 0.1) is 37.5 Å². The molecule has 1 N–H and O–H groups in total. The Morgan fingerprint density at radius 3 is 2.59 bits per heavy atom. The summed E-state index contributed by atoms with van der Waals surface area (Å²) < 4.78 is 11.6. The second-order valence-electron chi connectivity index (χ2n) is 7.54. The second-order valence-corrected chi connectivity index (χ2v) is 9.39. The monoisotopic (exact) mass is 499 g/mol. The van der Waals surface area contributed by atoms with Crippen LogP contribution in [0.25, 0.3) is 0 Å². The van der Waals surface area contributed by atoms with Gasteiger partial charge in [-0.3, -0.25) is 14.4 Å². The highest BCUT2D eigenvalue weighted by Gasteiger charge is 2.68. The number of esters is 2. The number of halogens is 2. The molecule has 2 saturated carbocycles. The van der Waals surface area contributed by atoms with Crippen molar-refractivity contribution in [3.05, 3.63) is 27.7 Å². The van der Waals surface area contributed by atoms with Gasteiger partial charge in [0.25, 0.3) is 5.91 Å². The van der Waals surface area contributed by atoms with Crippen LogP contribution in [-0.4, -0.2) is 35.4 Å². The van der Waals surface area contributed by atoms with Gasteiger partial charge in [-0.2, -0.15) is 0 Å². The Hall–Kier alpha value is -1.41. The molecule has 144 valence electrons. The van der Waals surface area contributed by atoms with Crippen molar-refractivity contribution in [2.24, 2.45) is 23.7 Å². The molecule has 8 heteroatoms. The van der Waals surface area contributed by atoms with Crippen LogP contribution in [0.15, 0.2) is 16.6 Å². The molecular formula is C19H19Br2NO5. The number of rotatable bonds is 4. The molecule has 4 rings (SSSR count). The Kier molecular flexibility index (Phi) is 4.83. The van der Waals surface area contributed by atoms with Crippen molar-refractivity contribution < 1.29 is 23.9 Å². The summed E-state index contributed by atoms with van der Waals surface area (Å²) in [5, 5.41) is 2.74. The molecule has 27 heavy (non-hydrogen) atoms. The first-order valence-electron chi connectivity index (χ1n) is 8.85. The smallest absolute Gasteiger partial charge is 0.310 e. The molecular weight excluding hydrogens is 482 g/mol. The number of anilines is 1. The number of hydrogen-bond acceptors (Lipinski definition) is 5. The fourth-order valence-electron chi connectivity index (χ4n) is 4.74. The topological polar surface area (TPSA) is 81.7 Å². The number of alkyl halides is 1. The Morgan fingerprint density at radius 2 is 1.93 bits per heavy atom. The van der Waals surface area contributed by atoms with Crippen LogP contribution >= 0.6 is 31.9 Å². The van der Waals surface area contributed by atoms with E-state index in [0.717, 1.165) is 22.0 Å². The maximum absolute atomic E-state index is 12.6. The fourth-order valence-corrected chi connectivity index (χ4v) is 6.02. The van der Waals surface area contributed by atoms with Gasteiger partial charge in [-0.1, -0.05) is 31.9 Å². The third-order valence-electron chi connectivity index (χ3n) is 5.86. The largest absolute Gasteiger partial charge is 0.461 e. The number of amides is 1. The van der Waals surface area contributed by atoms with E-state index in [1.54, 1.807) is 0 Å². The van der Waals surface area contributed by atoms with E-state index >= 15 is 0 Å². The van der Waals surface area contributed by atoms with Crippen molar-refractivity contribution in [2.75, 3.05) is 11.9 Å². The number of fused-ring (bicyclic) bond motifs is 1. The van der Waals surface area contributed by atoms with Crippen molar-refractivity contribution in [3.8, 4) is 0 Å². The van der Waals surface area contributed by atoms with Crippen LogP contribution in [0.5, 0.6) is 0 Å². The number of carbonyl (C=O) groups is 3. The molecule has 1 aromatic carbocycles. The first-order chi connectivity index (χ1) is 12.8. The van der Waals surface area contributed by atoms with Crippen LogP contribution in [-0.2, 0) is 23.9 Å². The van der Waals surface area contributed by atoms with Gasteiger partial charge in [0.05, 0.1) is 16.7 Å². The molecule has 0 unspecified atom stereocenters. The minimum Gasteiger partial charge on any atom is -0.461 e. The predicted molar refractivity (Wildman–Crippen MR) is 104 cm³/mol. The van der Waals surface area contributed by atoms with E-state index in [1.807, 2.05) is 26.0 Å². The van der Waals surface area contributed by atoms with Gasteiger partial charge in [0.2, 0.25) is 0 Å². The highest BCUT2D eigenvalue weighted by Crippen LogP contribution is 2.60. The lowest BCUT2D eigenvalue weighted by atomic mass is 9.80. The SMILES string of the molecule is Cc1cc(NC(=O)COC(=O)[C@@H]2[C@H]3C[C@H]4[C@H](OC(=O)[C@@H]42)[C@@H]3Br)cc(C)c1Br. The molecule has 1 saturated heterocycles. The molecule has 1 heterocycles. The zero-order valence-corrected chi connectivity index (χ0v) is 18.0. The molecule has 2 bridgehead atoms. The summed E-state index contributed by atoms with van der Waals surface area (Å²) in [4.78, 5) is 36.8. The van der Waals surface area contributed by atoms with E-state index in [0.29, 0.717) is 5.69 Å². The van der Waals surface area contributed by atoms with Crippen LogP contribution in [0.1, 0.15) is 17.5 Å². The van der Waals surface area contributed by atoms with Crippen LogP contribution in [0.2, 0.25) is 0 Å². The molecule has 6 nitrogen and oxygen atoms in total. The Labute approximate surface area is 173 Å². The quantitative estimate of drug-likeness (QED) is 0.507. The summed E-state index contributed by atoms with van der Waals surface area (Å²) in [7, 11) is 0. The van der Waals surface area contributed by atoms with Gasteiger partial charge >= 0.3 is 11.9 Å². The molecule has 1 aromatic rings. The number of hydrogen-bond donors (Lipinski definition) is 1. The zero-order chi connectivity index (χ0) is 19.5. The molecule has 3 aliphatic rings. The summed E-state index contributed by atoms with van der Waals surface area (Å²) in [5.74, 6) is -2.09. The molecule has 6 atom stereocenters. The minimum atomic E-state index is -0.532. The van der Waals surface area contributed by atoms with Gasteiger partial charge in [-0.15, -0.1) is 0 Å². The maximum atomic E-state index is 12.6. The maximum Gasteiger partial charge on any atom is 0.310 e. The lowest BCUT2D eigenvalue weighted by Crippen LogP contribution is -2.39. The average molecular weight is 501 g/mol. The molecule has 0 aromatic heterocycles. The first kappa shape index (κ1) is 18.9. The van der Waals surface area contributed by atoms with E-state index in [-0.39, 0.29) is 35.3 Å². The minimum absolute atomic E-state index is 0.0174. The number of ether oxygens (including phenoxy) is 2. The van der Waals surface area contributed by atoms with E-state index < -0.39 is 23.7 Å². The molecule has 3 fully saturated rings. The standard InChI is InChI=1S/C19H19Br2NO5/c1-7-3-9(4-8(2)15(7)20)22-12(23)6-26-18(24)13-10-5-11-14(13)19(25)27-17(11)16(10)21/h3-4,10-11,13-14,16-17H,5-6H2,1-2H3,(H,22,23)/t10-,11-,13-,14+,16-,17+/m1/s1. The Balaban J connectivity index is 1.37. The third-order valence-corrected chi connectivity index (χ3v) is 8.31. The van der Waals surface area contributed by atoms with E-state index in [2.05, 4.69) is 37.2 Å². The van der Waals surface area contributed by atoms with Crippen molar-refractivity contribution in [2.45, 2.75) is 31.2 Å². The van der Waals surface area contributed by atoms with Crippen molar-refractivity contribution in [1.29, 1.82) is 0 Å². The van der Waals surface area contributed by atoms with Gasteiger partial charge < -0.3 is 14.8 Å². The third kappa shape index (κ3) is 3.10. The van der Waals surface area contributed by atoms with E-state index in [9.17, 15) is 14.4 Å². The van der Waals surface area contributed by atoms with E-state index in [4.69, 9.17) is 9.47 Å². The van der Waals surface area contributed by atoms with Crippen molar-refractivity contribution >= 4 is 55.4 Å². The molecule has 1 amide bonds. The number of carbonyl (C=O) groups excluding carboxylic acids is 3. The highest BCUT2D eigenvalue weighted by atomic mass is 79.9. The highest BCUT2D eigenvalue weighted by molar-refractivity contribution is 9.10. The van der Waals surface area contributed by atoms with Gasteiger partial charge in [0.1, 0.15) is 6.10 Å². The second kappa shape index (κ2) is 6.88. The number of benzene rings is 1. The summed E-state index contributed by atoms with van der Waals surface area (Å²) in [6, 6.07) is 3.69. The summed E-state index contributed by atoms with van der Waals surface area (Å²) in [6.07, 6.45) is 0.643. The molecule has 2 aliphatic carbocycles. The Morgan fingerprint density at radius 1 is 1.26 bits per heavy atom. The average Bonchev–Trinajstić information content (AvgIpc) is 3.21. The summed E-state index contributed by atoms with van der Waals surface area (Å²) >= 11 is 7.05. The van der Waals surface area contributed by atoms with Crippen molar-refractivity contribution in [3.63, 3.8) is 0 Å². The first-order valence-corrected chi connectivity index (χ1v) is 10.6. The predicted octanol–water partition coefficient (Wildman–Crippen LogP) is 3.12. The fraction of sp³-hybridized carbons (Fsp3) is 0.526. The summed E-state index contributed by atoms with van der Waals surface area (Å²) in [5.41, 5.74) is 2.65. The van der Waals surface area contributed by atoms with Crippen molar-refractivity contribution in [1.82, 2.24) is 0 Å². The molecule has 0 spiro atoms.